The molecule has 4 aromatic carbocycles. The van der Waals surface area contributed by atoms with Gasteiger partial charge < -0.3 is 4.74 Å². The number of nitrogens with zero attached hydrogens (tertiary/aromatic N) is 2. The SMILES string of the molecule is O=C(O[C@H](C(=O)c1ccccc1)c1ccc([N+](=O)[O-])cc1)c1cc(-c2ccc(Br)cc2)nc2ccccc12. The Morgan fingerprint density at radius 3 is 2.18 bits per heavy atom. The van der Waals surface area contributed by atoms with E-state index in [9.17, 15) is 19.7 Å². The lowest BCUT2D eigenvalue weighted by Gasteiger charge is -2.18. The van der Waals surface area contributed by atoms with Gasteiger partial charge in [-0.15, -0.1) is 0 Å². The lowest BCUT2D eigenvalue weighted by atomic mass is 9.99. The Labute approximate surface area is 226 Å². The highest BCUT2D eigenvalue weighted by Crippen LogP contribution is 2.30. The number of carbonyl (C=O) groups is 2. The van der Waals surface area contributed by atoms with Crippen molar-refractivity contribution in [2.24, 2.45) is 0 Å². The van der Waals surface area contributed by atoms with Crippen LogP contribution in [0.5, 0.6) is 0 Å². The van der Waals surface area contributed by atoms with Crippen LogP contribution in [0.15, 0.2) is 114 Å². The highest BCUT2D eigenvalue weighted by atomic mass is 79.9. The number of pyridine rings is 1. The van der Waals surface area contributed by atoms with Crippen molar-refractivity contribution < 1.29 is 19.2 Å². The molecular formula is C30H19BrN2O5. The van der Waals surface area contributed by atoms with Crippen LogP contribution in [0, 0.1) is 10.1 Å². The Balaban J connectivity index is 1.57. The molecule has 0 bridgehead atoms. The number of aromatic nitrogens is 1. The van der Waals surface area contributed by atoms with Gasteiger partial charge in [0.1, 0.15) is 0 Å². The predicted octanol–water partition coefficient (Wildman–Crippen LogP) is 7.35. The molecule has 1 heterocycles. The van der Waals surface area contributed by atoms with Crippen LogP contribution in [0.1, 0.15) is 32.4 Å². The molecule has 0 aliphatic carbocycles. The lowest BCUT2D eigenvalue weighted by molar-refractivity contribution is -0.384. The maximum Gasteiger partial charge on any atom is 0.339 e. The zero-order valence-corrected chi connectivity index (χ0v) is 21.4. The van der Waals surface area contributed by atoms with Crippen LogP contribution in [0.4, 0.5) is 5.69 Å². The smallest absolute Gasteiger partial charge is 0.339 e. The number of nitro benzene ring substituents is 1. The van der Waals surface area contributed by atoms with E-state index in [1.54, 1.807) is 54.6 Å². The fraction of sp³-hybridized carbons (Fsp3) is 0.0333. The molecule has 0 aliphatic rings. The molecule has 5 rings (SSSR count). The molecule has 8 heteroatoms. The number of hydrogen-bond donors (Lipinski definition) is 0. The molecule has 186 valence electrons. The van der Waals surface area contributed by atoms with Crippen LogP contribution >= 0.6 is 15.9 Å². The van der Waals surface area contributed by atoms with Crippen LogP contribution in [0.2, 0.25) is 0 Å². The van der Waals surface area contributed by atoms with Crippen molar-refractivity contribution in [1.82, 2.24) is 4.98 Å². The number of non-ortho nitro benzene ring substituents is 1. The van der Waals surface area contributed by atoms with Crippen molar-refractivity contribution in [1.29, 1.82) is 0 Å². The van der Waals surface area contributed by atoms with Gasteiger partial charge in [-0.3, -0.25) is 14.9 Å². The summed E-state index contributed by atoms with van der Waals surface area (Å²) in [5, 5.41) is 11.7. The molecule has 1 atom stereocenters. The number of halogens is 1. The second-order valence-electron chi connectivity index (χ2n) is 8.44. The number of esters is 1. The first kappa shape index (κ1) is 25.0. The number of ketones is 1. The second kappa shape index (κ2) is 10.7. The van der Waals surface area contributed by atoms with Gasteiger partial charge in [0, 0.05) is 38.7 Å². The Morgan fingerprint density at radius 1 is 0.842 bits per heavy atom. The van der Waals surface area contributed by atoms with Gasteiger partial charge in [-0.25, -0.2) is 9.78 Å². The van der Waals surface area contributed by atoms with Crippen molar-refractivity contribution in [2.45, 2.75) is 6.10 Å². The van der Waals surface area contributed by atoms with E-state index in [0.717, 1.165) is 10.0 Å². The Bertz CT molecular complexity index is 1650. The lowest BCUT2D eigenvalue weighted by Crippen LogP contribution is -2.20. The fourth-order valence-corrected chi connectivity index (χ4v) is 4.35. The summed E-state index contributed by atoms with van der Waals surface area (Å²) in [6, 6.07) is 30.2. The number of rotatable bonds is 7. The maximum absolute atomic E-state index is 13.7. The van der Waals surface area contributed by atoms with Crippen molar-refractivity contribution in [2.75, 3.05) is 0 Å². The summed E-state index contributed by atoms with van der Waals surface area (Å²) >= 11 is 3.43. The number of nitro groups is 1. The Hall–Kier alpha value is -4.69. The Kier molecular flexibility index (Phi) is 7.06. The van der Waals surface area contributed by atoms with Crippen LogP contribution < -0.4 is 0 Å². The third kappa shape index (κ3) is 5.21. The molecule has 5 aromatic rings. The maximum atomic E-state index is 13.7. The monoisotopic (exact) mass is 566 g/mol. The summed E-state index contributed by atoms with van der Waals surface area (Å²) in [7, 11) is 0. The number of Topliss-reactive ketones (excluding diaryl/α,β-unsaturated/α-hetero) is 1. The molecule has 0 aliphatic heterocycles. The van der Waals surface area contributed by atoms with E-state index in [0.29, 0.717) is 27.7 Å². The van der Waals surface area contributed by atoms with Crippen LogP contribution in [-0.4, -0.2) is 21.7 Å². The van der Waals surface area contributed by atoms with Gasteiger partial charge in [0.2, 0.25) is 5.78 Å². The molecule has 0 fully saturated rings. The van der Waals surface area contributed by atoms with Gasteiger partial charge in [0.05, 0.1) is 21.7 Å². The average molecular weight is 567 g/mol. The van der Waals surface area contributed by atoms with Crippen molar-refractivity contribution in [3.05, 3.63) is 140 Å². The number of fused-ring (bicyclic) bond motifs is 1. The standard InChI is InChI=1S/C30H19BrN2O5/c31-22-14-10-19(11-15-22)27-18-25(24-8-4-5-9-26(24)32-27)30(35)38-29(28(34)20-6-2-1-3-7-20)21-12-16-23(17-13-21)33(36)37/h1-18,29H/t29-/m0/s1. The van der Waals surface area contributed by atoms with E-state index in [1.165, 1.54) is 24.3 Å². The fourth-order valence-electron chi connectivity index (χ4n) is 4.08. The minimum atomic E-state index is -1.31. The molecule has 38 heavy (non-hydrogen) atoms. The molecule has 0 spiro atoms. The first-order chi connectivity index (χ1) is 18.4. The zero-order valence-electron chi connectivity index (χ0n) is 19.8. The Morgan fingerprint density at radius 2 is 1.50 bits per heavy atom. The summed E-state index contributed by atoms with van der Waals surface area (Å²) in [4.78, 5) is 42.5. The molecule has 0 saturated carbocycles. The average Bonchev–Trinajstić information content (AvgIpc) is 2.95. The number of ether oxygens (including phenoxy) is 1. The summed E-state index contributed by atoms with van der Waals surface area (Å²) in [6.45, 7) is 0. The highest BCUT2D eigenvalue weighted by Gasteiger charge is 2.28. The van der Waals surface area contributed by atoms with E-state index in [-0.39, 0.29) is 11.3 Å². The molecule has 0 amide bonds. The number of carbonyl (C=O) groups excluding carboxylic acids is 2. The number of para-hydroxylation sites is 1. The molecule has 1 aromatic heterocycles. The highest BCUT2D eigenvalue weighted by molar-refractivity contribution is 9.10. The van der Waals surface area contributed by atoms with Gasteiger partial charge in [-0.2, -0.15) is 0 Å². The van der Waals surface area contributed by atoms with Gasteiger partial charge in [0.25, 0.3) is 5.69 Å². The van der Waals surface area contributed by atoms with Crippen molar-refractivity contribution in [3.63, 3.8) is 0 Å². The minimum absolute atomic E-state index is 0.134. The van der Waals surface area contributed by atoms with Crippen molar-refractivity contribution >= 4 is 44.3 Å². The van der Waals surface area contributed by atoms with E-state index in [2.05, 4.69) is 15.9 Å². The van der Waals surface area contributed by atoms with Gasteiger partial charge >= 0.3 is 5.97 Å². The van der Waals surface area contributed by atoms with Gasteiger partial charge in [0.15, 0.2) is 6.10 Å². The van der Waals surface area contributed by atoms with Crippen molar-refractivity contribution in [3.8, 4) is 11.3 Å². The molecule has 0 saturated heterocycles. The van der Waals surface area contributed by atoms with Gasteiger partial charge in [-0.05, 0) is 36.4 Å². The van der Waals surface area contributed by atoms with E-state index < -0.39 is 22.8 Å². The summed E-state index contributed by atoms with van der Waals surface area (Å²) < 4.78 is 6.77. The van der Waals surface area contributed by atoms with Crippen LogP contribution in [0.25, 0.3) is 22.2 Å². The normalized spacial score (nSPS) is 11.6. The third-order valence-electron chi connectivity index (χ3n) is 6.00. The quantitative estimate of drug-likeness (QED) is 0.0883. The molecular weight excluding hydrogens is 548 g/mol. The van der Waals surface area contributed by atoms with Crippen LogP contribution in [-0.2, 0) is 4.74 Å². The van der Waals surface area contributed by atoms with E-state index in [1.807, 2.05) is 30.3 Å². The summed E-state index contributed by atoms with van der Waals surface area (Å²) in [5.41, 5.74) is 2.76. The van der Waals surface area contributed by atoms with Crippen LogP contribution in [0.3, 0.4) is 0 Å². The molecule has 0 N–H and O–H groups in total. The van der Waals surface area contributed by atoms with E-state index in [4.69, 9.17) is 9.72 Å². The third-order valence-corrected chi connectivity index (χ3v) is 6.53. The minimum Gasteiger partial charge on any atom is -0.445 e. The van der Waals surface area contributed by atoms with Gasteiger partial charge in [-0.1, -0.05) is 76.6 Å². The molecule has 7 nitrogen and oxygen atoms in total. The molecule has 0 radical (unpaired) electrons. The summed E-state index contributed by atoms with van der Waals surface area (Å²) in [5.74, 6) is -1.16. The zero-order chi connectivity index (χ0) is 26.6. The first-order valence-corrected chi connectivity index (χ1v) is 12.4. The number of hydrogen-bond acceptors (Lipinski definition) is 6. The summed E-state index contributed by atoms with van der Waals surface area (Å²) in [6.07, 6.45) is -1.31. The topological polar surface area (TPSA) is 99.4 Å². The second-order valence-corrected chi connectivity index (χ2v) is 9.36. The molecule has 0 unspecified atom stereocenters. The predicted molar refractivity (Wildman–Crippen MR) is 147 cm³/mol. The van der Waals surface area contributed by atoms with E-state index >= 15 is 0 Å². The number of benzene rings is 4. The first-order valence-electron chi connectivity index (χ1n) is 11.6. The largest absolute Gasteiger partial charge is 0.445 e.